The van der Waals surface area contributed by atoms with Crippen LogP contribution < -0.4 is 5.32 Å². The average molecular weight is 240 g/mol. The molecule has 0 bridgehead atoms. The van der Waals surface area contributed by atoms with Crippen molar-refractivity contribution in [1.82, 2.24) is 10.2 Å². The van der Waals surface area contributed by atoms with Gasteiger partial charge in [-0.15, -0.1) is 0 Å². The van der Waals surface area contributed by atoms with E-state index in [4.69, 9.17) is 12.2 Å². The second kappa shape index (κ2) is 4.37. The first-order valence-corrected chi connectivity index (χ1v) is 6.04. The van der Waals surface area contributed by atoms with Crippen molar-refractivity contribution in [3.05, 3.63) is 22.8 Å². The summed E-state index contributed by atoms with van der Waals surface area (Å²) in [7, 11) is 2.07. The molecule has 3 nitrogen and oxygen atoms in total. The number of rotatable bonds is 1. The minimum absolute atomic E-state index is 0.0810. The lowest BCUT2D eigenvalue weighted by Gasteiger charge is -2.11. The molecule has 2 saturated heterocycles. The van der Waals surface area contributed by atoms with E-state index in [1.165, 1.54) is 23.9 Å². The van der Waals surface area contributed by atoms with Crippen LogP contribution in [0.15, 0.2) is 22.8 Å². The van der Waals surface area contributed by atoms with E-state index in [0.717, 1.165) is 13.0 Å². The molecule has 0 aliphatic carbocycles. The van der Waals surface area contributed by atoms with Crippen LogP contribution in [0.1, 0.15) is 12.8 Å². The molecular weight excluding hydrogens is 228 g/mol. The molecule has 2 aliphatic rings. The molecule has 0 aromatic heterocycles. The minimum atomic E-state index is -0.0810. The number of likely N-dealkylation sites (tertiary alicyclic amines) is 1. The van der Waals surface area contributed by atoms with Crippen LogP contribution in [0.4, 0.5) is 0 Å². The topological polar surface area (TPSA) is 32.3 Å². The zero-order valence-electron chi connectivity index (χ0n) is 8.45. The monoisotopic (exact) mass is 240 g/mol. The Balaban J connectivity index is 2.11. The Bertz CT molecular complexity index is 374. The minimum Gasteiger partial charge on any atom is -0.378 e. The van der Waals surface area contributed by atoms with Crippen molar-refractivity contribution in [2.45, 2.75) is 12.8 Å². The lowest BCUT2D eigenvalue weighted by molar-refractivity contribution is -0.115. The number of thioether (sulfide) groups is 1. The molecule has 1 amide bonds. The van der Waals surface area contributed by atoms with Crippen molar-refractivity contribution in [3.8, 4) is 0 Å². The number of nitrogens with one attached hydrogen (secondary N) is 1. The van der Waals surface area contributed by atoms with Gasteiger partial charge < -0.3 is 10.2 Å². The Labute approximate surface area is 98.6 Å². The van der Waals surface area contributed by atoms with Gasteiger partial charge in [-0.25, -0.2) is 0 Å². The van der Waals surface area contributed by atoms with Crippen molar-refractivity contribution in [2.24, 2.45) is 0 Å². The van der Waals surface area contributed by atoms with Gasteiger partial charge in [-0.1, -0.05) is 24.0 Å². The van der Waals surface area contributed by atoms with Crippen molar-refractivity contribution in [2.75, 3.05) is 13.6 Å². The number of hydrogen-bond donors (Lipinski definition) is 1. The van der Waals surface area contributed by atoms with Crippen LogP contribution >= 0.6 is 24.0 Å². The highest BCUT2D eigenvalue weighted by Crippen LogP contribution is 2.25. The van der Waals surface area contributed by atoms with E-state index >= 15 is 0 Å². The Morgan fingerprint density at radius 3 is 2.87 bits per heavy atom. The zero-order chi connectivity index (χ0) is 10.8. The van der Waals surface area contributed by atoms with Gasteiger partial charge in [0.05, 0.1) is 4.91 Å². The lowest BCUT2D eigenvalue weighted by atomic mass is 10.3. The molecule has 0 spiro atoms. The molecule has 2 rings (SSSR count). The fourth-order valence-corrected chi connectivity index (χ4v) is 2.64. The molecule has 0 radical (unpaired) electrons. The third kappa shape index (κ3) is 2.41. The van der Waals surface area contributed by atoms with Crippen LogP contribution in [-0.4, -0.2) is 28.7 Å². The van der Waals surface area contributed by atoms with Crippen LogP contribution in [0.25, 0.3) is 0 Å². The van der Waals surface area contributed by atoms with Crippen LogP contribution in [-0.2, 0) is 4.79 Å². The first-order valence-electron chi connectivity index (χ1n) is 4.82. The average Bonchev–Trinajstić information content (AvgIpc) is 2.70. The van der Waals surface area contributed by atoms with E-state index in [9.17, 15) is 4.79 Å². The van der Waals surface area contributed by atoms with Gasteiger partial charge in [0.2, 0.25) is 0 Å². The van der Waals surface area contributed by atoms with Gasteiger partial charge in [-0.05, 0) is 25.0 Å². The third-order valence-corrected chi connectivity index (χ3v) is 3.67. The molecule has 2 heterocycles. The lowest BCUT2D eigenvalue weighted by Crippen LogP contribution is -2.17. The largest absolute Gasteiger partial charge is 0.378 e. The highest BCUT2D eigenvalue weighted by atomic mass is 32.2. The highest BCUT2D eigenvalue weighted by Gasteiger charge is 2.21. The second-order valence-corrected chi connectivity index (χ2v) is 5.28. The summed E-state index contributed by atoms with van der Waals surface area (Å²) in [5, 5.41) is 2.60. The van der Waals surface area contributed by atoms with E-state index in [1.807, 2.05) is 12.2 Å². The molecule has 5 heteroatoms. The van der Waals surface area contributed by atoms with E-state index in [2.05, 4.69) is 17.3 Å². The van der Waals surface area contributed by atoms with Crippen molar-refractivity contribution >= 4 is 34.2 Å². The number of amides is 1. The number of nitrogens with zero attached hydrogens (tertiary/aromatic N) is 1. The van der Waals surface area contributed by atoms with E-state index in [0.29, 0.717) is 9.23 Å². The quantitative estimate of drug-likeness (QED) is 0.558. The number of carbonyl (C=O) groups is 1. The van der Waals surface area contributed by atoms with Crippen LogP contribution in [0.5, 0.6) is 0 Å². The molecule has 2 fully saturated rings. The number of thiocarbonyl (C=S) groups is 1. The first-order chi connectivity index (χ1) is 7.16. The van der Waals surface area contributed by atoms with Gasteiger partial charge in [0.25, 0.3) is 5.91 Å². The normalized spacial score (nSPS) is 26.9. The maximum absolute atomic E-state index is 11.3. The maximum atomic E-state index is 11.3. The molecular formula is C10H12N2OS2. The van der Waals surface area contributed by atoms with Crippen LogP contribution in [0.3, 0.4) is 0 Å². The predicted molar refractivity (Wildman–Crippen MR) is 66.4 cm³/mol. The zero-order valence-corrected chi connectivity index (χ0v) is 10.1. The van der Waals surface area contributed by atoms with E-state index in [-0.39, 0.29) is 5.91 Å². The molecule has 80 valence electrons. The van der Waals surface area contributed by atoms with E-state index in [1.54, 1.807) is 0 Å². The number of carbonyl (C=O) groups excluding carboxylic acids is 1. The molecule has 0 saturated carbocycles. The van der Waals surface area contributed by atoms with Gasteiger partial charge in [0.15, 0.2) is 0 Å². The Kier molecular flexibility index (Phi) is 3.11. The molecule has 0 unspecified atom stereocenters. The second-order valence-electron chi connectivity index (χ2n) is 3.56. The molecule has 15 heavy (non-hydrogen) atoms. The van der Waals surface area contributed by atoms with Gasteiger partial charge >= 0.3 is 0 Å². The summed E-state index contributed by atoms with van der Waals surface area (Å²) >= 11 is 6.23. The smallest absolute Gasteiger partial charge is 0.263 e. The fourth-order valence-electron chi connectivity index (χ4n) is 1.65. The maximum Gasteiger partial charge on any atom is 0.263 e. The van der Waals surface area contributed by atoms with Crippen LogP contribution in [0, 0.1) is 0 Å². The third-order valence-electron chi connectivity index (χ3n) is 2.49. The Morgan fingerprint density at radius 1 is 1.53 bits per heavy atom. The van der Waals surface area contributed by atoms with Crippen molar-refractivity contribution in [1.29, 1.82) is 0 Å². The molecule has 2 aliphatic heterocycles. The predicted octanol–water partition coefficient (Wildman–Crippen LogP) is 1.63. The molecule has 0 aromatic rings. The van der Waals surface area contributed by atoms with Crippen LogP contribution in [0.2, 0.25) is 0 Å². The van der Waals surface area contributed by atoms with E-state index < -0.39 is 0 Å². The summed E-state index contributed by atoms with van der Waals surface area (Å²) in [5.74, 6) is -0.0810. The number of hydrogen-bond acceptors (Lipinski definition) is 4. The molecule has 0 atom stereocenters. The van der Waals surface area contributed by atoms with Gasteiger partial charge in [0, 0.05) is 19.3 Å². The highest BCUT2D eigenvalue weighted by molar-refractivity contribution is 8.26. The van der Waals surface area contributed by atoms with Crippen molar-refractivity contribution < 1.29 is 4.79 Å². The summed E-state index contributed by atoms with van der Waals surface area (Å²) in [6, 6.07) is 0. The summed E-state index contributed by atoms with van der Waals surface area (Å²) in [6.07, 6.45) is 6.17. The van der Waals surface area contributed by atoms with Gasteiger partial charge in [0.1, 0.15) is 4.32 Å². The van der Waals surface area contributed by atoms with Crippen molar-refractivity contribution in [3.63, 3.8) is 0 Å². The summed E-state index contributed by atoms with van der Waals surface area (Å²) in [4.78, 5) is 14.2. The first kappa shape index (κ1) is 10.7. The summed E-state index contributed by atoms with van der Waals surface area (Å²) < 4.78 is 0.546. The number of allylic oxidation sites excluding steroid dienone is 3. The standard InChI is InChI=1S/C10H12N2OS2/c1-12-6-2-3-7(12)4-5-8-9(13)11-10(14)15-8/h4-5H,2-3,6H2,1H3,(H,11,13,14). The van der Waals surface area contributed by atoms with Gasteiger partial charge in [-0.3, -0.25) is 4.79 Å². The molecule has 1 N–H and O–H groups in total. The Hall–Kier alpha value is -0.810. The summed E-state index contributed by atoms with van der Waals surface area (Å²) in [6.45, 7) is 1.10. The Morgan fingerprint density at radius 2 is 2.33 bits per heavy atom. The summed E-state index contributed by atoms with van der Waals surface area (Å²) in [5.41, 5.74) is 1.29. The van der Waals surface area contributed by atoms with Gasteiger partial charge in [-0.2, -0.15) is 0 Å². The fraction of sp³-hybridized carbons (Fsp3) is 0.400. The molecule has 0 aromatic carbocycles. The SMILES string of the molecule is CN1CCCC1=CC=C1SC(=S)NC1=O.